The Morgan fingerprint density at radius 3 is 2.83 bits per heavy atom. The molecule has 1 saturated heterocycles. The molecule has 0 spiro atoms. The van der Waals surface area contributed by atoms with Crippen LogP contribution < -0.4 is 0 Å². The molecule has 0 N–H and O–H groups in total. The van der Waals surface area contributed by atoms with Crippen LogP contribution >= 0.6 is 11.8 Å². The number of hydrogen-bond donors (Lipinski definition) is 0. The molecule has 0 amide bonds. The van der Waals surface area contributed by atoms with E-state index < -0.39 is 10.0 Å². The first-order valence-corrected chi connectivity index (χ1v) is 8.97. The molecular weight excluding hydrogens is 266 g/mol. The van der Waals surface area contributed by atoms with Gasteiger partial charge in [-0.2, -0.15) is 11.8 Å². The van der Waals surface area contributed by atoms with Crippen LogP contribution in [0, 0.1) is 6.92 Å². The third-order valence-electron chi connectivity index (χ3n) is 3.27. The largest absolute Gasteiger partial charge is 0.218 e. The fourth-order valence-corrected chi connectivity index (χ4v) is 4.59. The summed E-state index contributed by atoms with van der Waals surface area (Å²) in [6.07, 6.45) is 3.01. The molecule has 18 heavy (non-hydrogen) atoms. The second-order valence-corrected chi connectivity index (χ2v) is 7.86. The number of thioether (sulfide) groups is 1. The number of hydrogen-bond acceptors (Lipinski definition) is 3. The second-order valence-electron chi connectivity index (χ2n) is 4.75. The van der Waals surface area contributed by atoms with Gasteiger partial charge in [-0.3, -0.25) is 0 Å². The highest BCUT2D eigenvalue weighted by molar-refractivity contribution is 7.99. The van der Waals surface area contributed by atoms with E-state index in [0.29, 0.717) is 18.3 Å². The average molecular weight is 285 g/mol. The van der Waals surface area contributed by atoms with E-state index in [9.17, 15) is 8.42 Å². The minimum absolute atomic E-state index is 0.121. The molecule has 1 aliphatic heterocycles. The van der Waals surface area contributed by atoms with Gasteiger partial charge >= 0.3 is 0 Å². The lowest BCUT2D eigenvalue weighted by molar-refractivity contribution is 0.477. The summed E-state index contributed by atoms with van der Waals surface area (Å²) in [6, 6.07) is 7.72. The molecule has 0 aromatic heterocycles. The van der Waals surface area contributed by atoms with Crippen LogP contribution in [-0.4, -0.2) is 37.3 Å². The van der Waals surface area contributed by atoms with Gasteiger partial charge < -0.3 is 0 Å². The zero-order chi connectivity index (χ0) is 13.2. The van der Waals surface area contributed by atoms with Crippen molar-refractivity contribution in [3.05, 3.63) is 35.4 Å². The van der Waals surface area contributed by atoms with Crippen molar-refractivity contribution in [1.82, 2.24) is 4.31 Å². The lowest BCUT2D eigenvalue weighted by atomic mass is 10.2. The Morgan fingerprint density at radius 1 is 1.44 bits per heavy atom. The van der Waals surface area contributed by atoms with Gasteiger partial charge in [0.2, 0.25) is 10.0 Å². The van der Waals surface area contributed by atoms with Gasteiger partial charge in [-0.05, 0) is 25.2 Å². The van der Waals surface area contributed by atoms with E-state index in [2.05, 4.69) is 0 Å². The standard InChI is InChI=1S/C13H19NO2S2/c1-11-4-3-5-12(8-11)10-18(15,16)14-7-6-13(9-14)17-2/h3-5,8,13H,6-7,9-10H2,1-2H3. The summed E-state index contributed by atoms with van der Waals surface area (Å²) in [6.45, 7) is 3.31. The Morgan fingerprint density at radius 2 is 2.22 bits per heavy atom. The molecule has 1 aromatic rings. The quantitative estimate of drug-likeness (QED) is 0.851. The van der Waals surface area contributed by atoms with Gasteiger partial charge in [0.15, 0.2) is 0 Å². The molecule has 1 fully saturated rings. The summed E-state index contributed by atoms with van der Waals surface area (Å²) >= 11 is 1.75. The summed E-state index contributed by atoms with van der Waals surface area (Å²) < 4.78 is 26.2. The average Bonchev–Trinajstić information content (AvgIpc) is 2.77. The lowest BCUT2D eigenvalue weighted by Gasteiger charge is -2.16. The van der Waals surface area contributed by atoms with Crippen molar-refractivity contribution in [2.45, 2.75) is 24.3 Å². The van der Waals surface area contributed by atoms with E-state index in [1.165, 1.54) is 0 Å². The van der Waals surface area contributed by atoms with Gasteiger partial charge in [-0.15, -0.1) is 0 Å². The third kappa shape index (κ3) is 3.28. The van der Waals surface area contributed by atoms with Crippen LogP contribution in [0.4, 0.5) is 0 Å². The first-order valence-electron chi connectivity index (χ1n) is 6.07. The van der Waals surface area contributed by atoms with E-state index in [1.807, 2.05) is 37.4 Å². The maximum Gasteiger partial charge on any atom is 0.218 e. The highest BCUT2D eigenvalue weighted by atomic mass is 32.2. The van der Waals surface area contributed by atoms with Gasteiger partial charge in [0.05, 0.1) is 5.75 Å². The van der Waals surface area contributed by atoms with Gasteiger partial charge in [0.25, 0.3) is 0 Å². The SMILES string of the molecule is CSC1CCN(S(=O)(=O)Cc2cccc(C)c2)C1. The fourth-order valence-electron chi connectivity index (χ4n) is 2.25. The van der Waals surface area contributed by atoms with Crippen molar-refractivity contribution in [3.8, 4) is 0 Å². The molecule has 1 aliphatic rings. The van der Waals surface area contributed by atoms with Crippen LogP contribution in [-0.2, 0) is 15.8 Å². The fraction of sp³-hybridized carbons (Fsp3) is 0.538. The lowest BCUT2D eigenvalue weighted by Crippen LogP contribution is -2.30. The molecule has 1 aromatic carbocycles. The van der Waals surface area contributed by atoms with Gasteiger partial charge in [0, 0.05) is 18.3 Å². The first kappa shape index (κ1) is 13.9. The van der Waals surface area contributed by atoms with Crippen LogP contribution in [0.15, 0.2) is 24.3 Å². The van der Waals surface area contributed by atoms with Crippen LogP contribution in [0.2, 0.25) is 0 Å². The molecule has 2 rings (SSSR count). The highest BCUT2D eigenvalue weighted by Crippen LogP contribution is 2.24. The molecule has 0 radical (unpaired) electrons. The highest BCUT2D eigenvalue weighted by Gasteiger charge is 2.30. The number of nitrogens with zero attached hydrogens (tertiary/aromatic N) is 1. The molecule has 3 nitrogen and oxygen atoms in total. The van der Waals surface area contributed by atoms with E-state index in [0.717, 1.165) is 17.5 Å². The Hall–Kier alpha value is -0.520. The molecule has 0 aliphatic carbocycles. The maximum atomic E-state index is 12.3. The Labute approximate surface area is 114 Å². The molecular formula is C13H19NO2S2. The van der Waals surface area contributed by atoms with Crippen molar-refractivity contribution in [3.63, 3.8) is 0 Å². The van der Waals surface area contributed by atoms with Crippen LogP contribution in [0.3, 0.4) is 0 Å². The topological polar surface area (TPSA) is 37.4 Å². The molecule has 0 bridgehead atoms. The summed E-state index contributed by atoms with van der Waals surface area (Å²) in [7, 11) is -3.15. The van der Waals surface area contributed by atoms with E-state index in [1.54, 1.807) is 16.1 Å². The first-order chi connectivity index (χ1) is 8.51. The minimum atomic E-state index is -3.15. The summed E-state index contributed by atoms with van der Waals surface area (Å²) in [4.78, 5) is 0. The third-order valence-corrected chi connectivity index (χ3v) is 6.13. The molecule has 1 atom stereocenters. The van der Waals surface area contributed by atoms with Crippen molar-refractivity contribution in [2.24, 2.45) is 0 Å². The number of aryl methyl sites for hydroxylation is 1. The smallest absolute Gasteiger partial charge is 0.212 e. The van der Waals surface area contributed by atoms with E-state index in [4.69, 9.17) is 0 Å². The van der Waals surface area contributed by atoms with Crippen LogP contribution in [0.25, 0.3) is 0 Å². The summed E-state index contributed by atoms with van der Waals surface area (Å²) in [5, 5.41) is 0.456. The van der Waals surface area contributed by atoms with Gasteiger partial charge in [0.1, 0.15) is 0 Å². The minimum Gasteiger partial charge on any atom is -0.212 e. The Balaban J connectivity index is 2.08. The zero-order valence-electron chi connectivity index (χ0n) is 10.8. The number of sulfonamides is 1. The van der Waals surface area contributed by atoms with Crippen molar-refractivity contribution < 1.29 is 8.42 Å². The van der Waals surface area contributed by atoms with E-state index >= 15 is 0 Å². The molecule has 100 valence electrons. The number of rotatable bonds is 4. The van der Waals surface area contributed by atoms with Crippen LogP contribution in [0.1, 0.15) is 17.5 Å². The van der Waals surface area contributed by atoms with E-state index in [-0.39, 0.29) is 5.75 Å². The maximum absolute atomic E-state index is 12.3. The Bertz CT molecular complexity index is 513. The monoisotopic (exact) mass is 285 g/mol. The van der Waals surface area contributed by atoms with Crippen molar-refractivity contribution in [1.29, 1.82) is 0 Å². The predicted octanol–water partition coefficient (Wildman–Crippen LogP) is 2.26. The zero-order valence-corrected chi connectivity index (χ0v) is 12.4. The Kier molecular flexibility index (Phi) is 4.35. The predicted molar refractivity (Wildman–Crippen MR) is 77.3 cm³/mol. The van der Waals surface area contributed by atoms with Crippen molar-refractivity contribution in [2.75, 3.05) is 19.3 Å². The number of benzene rings is 1. The molecule has 1 heterocycles. The van der Waals surface area contributed by atoms with Gasteiger partial charge in [-0.1, -0.05) is 29.8 Å². The molecule has 1 unspecified atom stereocenters. The second kappa shape index (κ2) is 5.63. The van der Waals surface area contributed by atoms with Crippen LogP contribution in [0.5, 0.6) is 0 Å². The summed E-state index contributed by atoms with van der Waals surface area (Å²) in [5.74, 6) is 0.121. The van der Waals surface area contributed by atoms with Crippen molar-refractivity contribution >= 4 is 21.8 Å². The molecule has 0 saturated carbocycles. The molecule has 5 heteroatoms. The summed E-state index contributed by atoms with van der Waals surface area (Å²) in [5.41, 5.74) is 1.98. The van der Waals surface area contributed by atoms with Gasteiger partial charge in [-0.25, -0.2) is 12.7 Å². The normalized spacial score (nSPS) is 21.3.